The van der Waals surface area contributed by atoms with Crippen LogP contribution in [0.25, 0.3) is 10.8 Å². The van der Waals surface area contributed by atoms with Gasteiger partial charge in [0.15, 0.2) is 0 Å². The molecule has 3 aromatic rings. The van der Waals surface area contributed by atoms with Crippen molar-refractivity contribution < 1.29 is 9.59 Å². The van der Waals surface area contributed by atoms with Crippen molar-refractivity contribution >= 4 is 39.9 Å². The number of hydrogen-bond acceptors (Lipinski definition) is 2. The lowest BCUT2D eigenvalue weighted by Crippen LogP contribution is -2.25. The minimum atomic E-state index is -0.131. The Morgan fingerprint density at radius 1 is 0.885 bits per heavy atom. The molecule has 132 valence electrons. The maximum atomic E-state index is 12.2. The van der Waals surface area contributed by atoms with Crippen LogP contribution >= 0.6 is 11.6 Å². The van der Waals surface area contributed by atoms with Gasteiger partial charge in [-0.05, 0) is 53.6 Å². The van der Waals surface area contributed by atoms with Gasteiger partial charge in [0.1, 0.15) is 0 Å². The molecule has 2 N–H and O–H groups in total. The molecule has 0 unspecified atom stereocenters. The molecule has 3 rings (SSSR count). The molecule has 3 aromatic carbocycles. The van der Waals surface area contributed by atoms with Gasteiger partial charge in [0.05, 0.1) is 0 Å². The number of nitrogens with one attached hydrogen (secondary N) is 2. The van der Waals surface area contributed by atoms with Crippen molar-refractivity contribution in [3.05, 3.63) is 77.3 Å². The second-order valence-electron chi connectivity index (χ2n) is 5.98. The van der Waals surface area contributed by atoms with E-state index in [2.05, 4.69) is 10.6 Å². The second-order valence-corrected chi connectivity index (χ2v) is 6.41. The molecular weight excluding hydrogens is 348 g/mol. The Balaban J connectivity index is 1.44. The monoisotopic (exact) mass is 366 g/mol. The van der Waals surface area contributed by atoms with Crippen LogP contribution in [-0.4, -0.2) is 18.4 Å². The van der Waals surface area contributed by atoms with Crippen LogP contribution in [0.4, 0.5) is 5.69 Å². The van der Waals surface area contributed by atoms with E-state index in [9.17, 15) is 9.59 Å². The van der Waals surface area contributed by atoms with Gasteiger partial charge in [0.2, 0.25) is 5.91 Å². The summed E-state index contributed by atoms with van der Waals surface area (Å²) < 4.78 is 0. The first-order valence-electron chi connectivity index (χ1n) is 8.44. The molecule has 0 saturated heterocycles. The Bertz CT molecular complexity index is 923. The highest BCUT2D eigenvalue weighted by molar-refractivity contribution is 6.30. The summed E-state index contributed by atoms with van der Waals surface area (Å²) in [6, 6.07) is 20.5. The molecule has 0 aliphatic rings. The predicted molar refractivity (Wildman–Crippen MR) is 106 cm³/mol. The summed E-state index contributed by atoms with van der Waals surface area (Å²) in [7, 11) is 0. The van der Waals surface area contributed by atoms with Crippen LogP contribution in [0, 0.1) is 0 Å². The molecule has 0 radical (unpaired) electrons. The van der Waals surface area contributed by atoms with Gasteiger partial charge in [-0.2, -0.15) is 0 Å². The summed E-state index contributed by atoms with van der Waals surface area (Å²) in [4.78, 5) is 24.1. The van der Waals surface area contributed by atoms with Crippen molar-refractivity contribution in [3.8, 4) is 0 Å². The van der Waals surface area contributed by atoms with E-state index in [0.717, 1.165) is 10.8 Å². The SMILES string of the molecule is O=C(CCCNC(=O)c1ccc2ccccc2c1)Nc1ccc(Cl)cc1. The number of fused-ring (bicyclic) bond motifs is 1. The van der Waals surface area contributed by atoms with Gasteiger partial charge < -0.3 is 10.6 Å². The molecule has 0 aliphatic carbocycles. The molecule has 0 heterocycles. The van der Waals surface area contributed by atoms with Crippen molar-refractivity contribution in [2.45, 2.75) is 12.8 Å². The van der Waals surface area contributed by atoms with Crippen molar-refractivity contribution in [2.75, 3.05) is 11.9 Å². The molecule has 0 atom stereocenters. The van der Waals surface area contributed by atoms with Gasteiger partial charge in [0, 0.05) is 29.2 Å². The van der Waals surface area contributed by atoms with Gasteiger partial charge in [-0.25, -0.2) is 0 Å². The maximum Gasteiger partial charge on any atom is 0.251 e. The van der Waals surface area contributed by atoms with Crippen molar-refractivity contribution in [1.82, 2.24) is 5.32 Å². The van der Waals surface area contributed by atoms with Crippen LogP contribution < -0.4 is 10.6 Å². The van der Waals surface area contributed by atoms with E-state index in [1.807, 2.05) is 42.5 Å². The highest BCUT2D eigenvalue weighted by Gasteiger charge is 2.07. The topological polar surface area (TPSA) is 58.2 Å². The van der Waals surface area contributed by atoms with Gasteiger partial charge >= 0.3 is 0 Å². The fourth-order valence-electron chi connectivity index (χ4n) is 2.64. The first kappa shape index (κ1) is 18.0. The third kappa shape index (κ3) is 4.83. The molecule has 0 aromatic heterocycles. The fourth-order valence-corrected chi connectivity index (χ4v) is 2.77. The summed E-state index contributed by atoms with van der Waals surface area (Å²) in [6.07, 6.45) is 0.902. The number of carbonyl (C=O) groups excluding carboxylic acids is 2. The predicted octanol–water partition coefficient (Wildman–Crippen LogP) is 4.64. The molecule has 26 heavy (non-hydrogen) atoms. The van der Waals surface area contributed by atoms with Gasteiger partial charge in [-0.3, -0.25) is 9.59 Å². The van der Waals surface area contributed by atoms with E-state index in [4.69, 9.17) is 11.6 Å². The molecule has 0 bridgehead atoms. The Kier molecular flexibility index (Phi) is 5.87. The quantitative estimate of drug-likeness (QED) is 0.624. The largest absolute Gasteiger partial charge is 0.352 e. The summed E-state index contributed by atoms with van der Waals surface area (Å²) in [5, 5.41) is 8.41. The van der Waals surface area contributed by atoms with Crippen molar-refractivity contribution in [1.29, 1.82) is 0 Å². The number of carbonyl (C=O) groups is 2. The zero-order chi connectivity index (χ0) is 18.4. The average molecular weight is 367 g/mol. The van der Waals surface area contributed by atoms with Crippen LogP contribution in [0.2, 0.25) is 5.02 Å². The van der Waals surface area contributed by atoms with Gasteiger partial charge in [0.25, 0.3) is 5.91 Å². The summed E-state index contributed by atoms with van der Waals surface area (Å²) in [6.45, 7) is 0.444. The molecule has 5 heteroatoms. The van der Waals surface area contributed by atoms with E-state index in [1.165, 1.54) is 0 Å². The Labute approximate surface area is 157 Å². The third-order valence-corrected chi connectivity index (χ3v) is 4.26. The van der Waals surface area contributed by atoms with Gasteiger partial charge in [-0.1, -0.05) is 41.9 Å². The standard InChI is InChI=1S/C21H19ClN2O2/c22-18-9-11-19(12-10-18)24-20(25)6-3-13-23-21(26)17-8-7-15-4-1-2-5-16(15)14-17/h1-2,4-5,7-12,14H,3,6,13H2,(H,23,26)(H,24,25). The second kappa shape index (κ2) is 8.50. The number of halogens is 1. The number of anilines is 1. The van der Waals surface area contributed by atoms with Crippen LogP contribution in [0.5, 0.6) is 0 Å². The average Bonchev–Trinajstić information content (AvgIpc) is 2.66. The van der Waals surface area contributed by atoms with E-state index in [-0.39, 0.29) is 11.8 Å². The van der Waals surface area contributed by atoms with E-state index < -0.39 is 0 Å². The van der Waals surface area contributed by atoms with Crippen LogP contribution in [0.3, 0.4) is 0 Å². The first-order valence-corrected chi connectivity index (χ1v) is 8.82. The highest BCUT2D eigenvalue weighted by Crippen LogP contribution is 2.16. The van der Waals surface area contributed by atoms with E-state index in [0.29, 0.717) is 35.7 Å². The smallest absolute Gasteiger partial charge is 0.251 e. The molecule has 2 amide bonds. The van der Waals surface area contributed by atoms with Crippen LogP contribution in [-0.2, 0) is 4.79 Å². The van der Waals surface area contributed by atoms with Crippen molar-refractivity contribution in [3.63, 3.8) is 0 Å². The number of benzene rings is 3. The number of hydrogen-bond donors (Lipinski definition) is 2. The third-order valence-electron chi connectivity index (χ3n) is 4.01. The van der Waals surface area contributed by atoms with Crippen LogP contribution in [0.15, 0.2) is 66.7 Å². The number of rotatable bonds is 6. The first-order chi connectivity index (χ1) is 12.6. The number of amides is 2. The molecule has 0 fully saturated rings. The maximum absolute atomic E-state index is 12.2. The van der Waals surface area contributed by atoms with Crippen molar-refractivity contribution in [2.24, 2.45) is 0 Å². The molecule has 0 spiro atoms. The Hall–Kier alpha value is -2.85. The zero-order valence-corrected chi connectivity index (χ0v) is 14.9. The minimum absolute atomic E-state index is 0.0905. The minimum Gasteiger partial charge on any atom is -0.352 e. The lowest BCUT2D eigenvalue weighted by Gasteiger charge is -2.07. The molecule has 0 aliphatic heterocycles. The summed E-state index contributed by atoms with van der Waals surface area (Å²) >= 11 is 5.81. The highest BCUT2D eigenvalue weighted by atomic mass is 35.5. The normalized spacial score (nSPS) is 10.5. The Morgan fingerprint density at radius 3 is 2.38 bits per heavy atom. The van der Waals surface area contributed by atoms with Gasteiger partial charge in [-0.15, -0.1) is 0 Å². The molecule has 4 nitrogen and oxygen atoms in total. The summed E-state index contributed by atoms with van der Waals surface area (Å²) in [5.41, 5.74) is 1.33. The lowest BCUT2D eigenvalue weighted by atomic mass is 10.1. The fraction of sp³-hybridized carbons (Fsp3) is 0.143. The van der Waals surface area contributed by atoms with E-state index in [1.54, 1.807) is 24.3 Å². The zero-order valence-electron chi connectivity index (χ0n) is 14.2. The Morgan fingerprint density at radius 2 is 1.62 bits per heavy atom. The molecule has 0 saturated carbocycles. The van der Waals surface area contributed by atoms with Crippen LogP contribution in [0.1, 0.15) is 23.2 Å². The summed E-state index contributed by atoms with van der Waals surface area (Å²) in [5.74, 6) is -0.221. The van der Waals surface area contributed by atoms with E-state index >= 15 is 0 Å². The lowest BCUT2D eigenvalue weighted by molar-refractivity contribution is -0.116. The molecular formula is C21H19ClN2O2.